The molecule has 100 valence electrons. The number of benzene rings is 1. The van der Waals surface area contributed by atoms with Crippen LogP contribution in [0, 0.1) is 0 Å². The van der Waals surface area contributed by atoms with Gasteiger partial charge in [0, 0.05) is 0 Å². The minimum Gasteiger partial charge on any atom is -0.467 e. The number of carbonyl (C=O) groups is 1. The van der Waals surface area contributed by atoms with Gasteiger partial charge < -0.3 is 15.2 Å². The van der Waals surface area contributed by atoms with Crippen LogP contribution in [0.25, 0.3) is 0 Å². The van der Waals surface area contributed by atoms with Crippen LogP contribution in [0.4, 0.5) is 0 Å². The molecular weight excluding hydrogens is 230 g/mol. The number of hydrogen-bond donors (Lipinski definition) is 2. The van der Waals surface area contributed by atoms with Crippen molar-refractivity contribution in [3.05, 3.63) is 35.9 Å². The number of rotatable bonds is 7. The predicted octanol–water partition coefficient (Wildman–Crippen LogP) is 1.65. The van der Waals surface area contributed by atoms with Crippen molar-refractivity contribution in [2.24, 2.45) is 0 Å². The highest BCUT2D eigenvalue weighted by molar-refractivity contribution is 5.75. The van der Waals surface area contributed by atoms with Crippen molar-refractivity contribution in [1.29, 1.82) is 0 Å². The minimum atomic E-state index is -1.19. The molecule has 18 heavy (non-hydrogen) atoms. The van der Waals surface area contributed by atoms with Crippen LogP contribution in [0.1, 0.15) is 31.4 Å². The third kappa shape index (κ3) is 4.13. The number of ether oxygens (including phenoxy) is 1. The smallest absolute Gasteiger partial charge is 0.336 e. The number of unbranched alkanes of at least 4 members (excludes halogenated alkanes) is 1. The van der Waals surface area contributed by atoms with E-state index >= 15 is 0 Å². The molecule has 0 fully saturated rings. The molecule has 4 heteroatoms. The van der Waals surface area contributed by atoms with Gasteiger partial charge in [-0.05, 0) is 18.5 Å². The molecular formula is C14H21NO3. The maximum absolute atomic E-state index is 11.4. The van der Waals surface area contributed by atoms with Crippen LogP contribution < -0.4 is 5.32 Å². The number of carbonyl (C=O) groups excluding carboxylic acids is 1. The molecule has 0 amide bonds. The van der Waals surface area contributed by atoms with Crippen molar-refractivity contribution in [3.63, 3.8) is 0 Å². The van der Waals surface area contributed by atoms with Crippen molar-refractivity contribution < 1.29 is 14.6 Å². The summed E-state index contributed by atoms with van der Waals surface area (Å²) >= 11 is 0. The van der Waals surface area contributed by atoms with Crippen LogP contribution in [-0.2, 0) is 9.53 Å². The Labute approximate surface area is 108 Å². The molecule has 0 heterocycles. The van der Waals surface area contributed by atoms with Crippen LogP contribution in [0.3, 0.4) is 0 Å². The van der Waals surface area contributed by atoms with E-state index in [4.69, 9.17) is 0 Å². The fourth-order valence-corrected chi connectivity index (χ4v) is 1.76. The third-order valence-corrected chi connectivity index (χ3v) is 2.81. The van der Waals surface area contributed by atoms with Gasteiger partial charge in [-0.2, -0.15) is 0 Å². The second-order valence-corrected chi connectivity index (χ2v) is 4.16. The van der Waals surface area contributed by atoms with Gasteiger partial charge in [0.05, 0.1) is 13.2 Å². The largest absolute Gasteiger partial charge is 0.467 e. The summed E-state index contributed by atoms with van der Waals surface area (Å²) in [5.41, 5.74) is 0.881. The number of esters is 1. The molecule has 0 aliphatic carbocycles. The Kier molecular flexibility index (Phi) is 6.39. The topological polar surface area (TPSA) is 58.6 Å². The Hall–Kier alpha value is -1.39. The summed E-state index contributed by atoms with van der Waals surface area (Å²) in [6.07, 6.45) is 0.870. The lowest BCUT2D eigenvalue weighted by Crippen LogP contribution is -2.38. The number of aliphatic hydroxyl groups excluding tert-OH is 1. The summed E-state index contributed by atoms with van der Waals surface area (Å²) in [6, 6.07) is 9.01. The van der Waals surface area contributed by atoms with E-state index < -0.39 is 18.1 Å². The van der Waals surface area contributed by atoms with Crippen LogP contribution in [0.2, 0.25) is 0 Å². The average Bonchev–Trinajstić information content (AvgIpc) is 2.43. The summed E-state index contributed by atoms with van der Waals surface area (Å²) in [5, 5.41) is 13.2. The van der Waals surface area contributed by atoms with Gasteiger partial charge in [0.25, 0.3) is 0 Å². The van der Waals surface area contributed by atoms with Gasteiger partial charge >= 0.3 is 5.97 Å². The molecule has 1 rings (SSSR count). The summed E-state index contributed by atoms with van der Waals surface area (Å²) in [7, 11) is 1.28. The number of hydrogen-bond acceptors (Lipinski definition) is 4. The quantitative estimate of drug-likeness (QED) is 0.571. The van der Waals surface area contributed by atoms with Gasteiger partial charge in [0.15, 0.2) is 6.10 Å². The second kappa shape index (κ2) is 7.84. The monoisotopic (exact) mass is 251 g/mol. The van der Waals surface area contributed by atoms with Crippen molar-refractivity contribution in [3.8, 4) is 0 Å². The van der Waals surface area contributed by atoms with Gasteiger partial charge in [-0.15, -0.1) is 0 Å². The van der Waals surface area contributed by atoms with Gasteiger partial charge in [0.2, 0.25) is 0 Å². The van der Waals surface area contributed by atoms with Gasteiger partial charge in [-0.3, -0.25) is 0 Å². The molecule has 0 aliphatic heterocycles. The van der Waals surface area contributed by atoms with E-state index in [0.29, 0.717) is 0 Å². The highest BCUT2D eigenvalue weighted by atomic mass is 16.5. The maximum atomic E-state index is 11.4. The Balaban J connectivity index is 2.78. The van der Waals surface area contributed by atoms with Crippen molar-refractivity contribution in [2.45, 2.75) is 31.9 Å². The van der Waals surface area contributed by atoms with E-state index in [9.17, 15) is 9.90 Å². The molecule has 2 atom stereocenters. The first-order chi connectivity index (χ1) is 8.70. The van der Waals surface area contributed by atoms with Crippen LogP contribution in [0.5, 0.6) is 0 Å². The van der Waals surface area contributed by atoms with Gasteiger partial charge in [-0.1, -0.05) is 43.7 Å². The van der Waals surface area contributed by atoms with Crippen molar-refractivity contribution in [1.82, 2.24) is 5.32 Å². The molecule has 4 nitrogen and oxygen atoms in total. The van der Waals surface area contributed by atoms with Gasteiger partial charge in [0.1, 0.15) is 0 Å². The van der Waals surface area contributed by atoms with E-state index in [1.807, 2.05) is 30.3 Å². The fraction of sp³-hybridized carbons (Fsp3) is 0.500. The highest BCUT2D eigenvalue weighted by Gasteiger charge is 2.27. The Morgan fingerprint density at radius 3 is 2.61 bits per heavy atom. The zero-order valence-corrected chi connectivity index (χ0v) is 10.9. The average molecular weight is 251 g/mol. The van der Waals surface area contributed by atoms with Crippen LogP contribution in [-0.4, -0.2) is 30.8 Å². The molecule has 0 saturated carbocycles. The summed E-state index contributed by atoms with van der Waals surface area (Å²) in [4.78, 5) is 11.4. The van der Waals surface area contributed by atoms with Crippen molar-refractivity contribution in [2.75, 3.05) is 13.7 Å². The molecule has 0 aliphatic rings. The second-order valence-electron chi connectivity index (χ2n) is 4.16. The highest BCUT2D eigenvalue weighted by Crippen LogP contribution is 2.17. The van der Waals surface area contributed by atoms with Crippen LogP contribution in [0.15, 0.2) is 30.3 Å². The van der Waals surface area contributed by atoms with E-state index in [2.05, 4.69) is 17.0 Å². The lowest BCUT2D eigenvalue weighted by Gasteiger charge is -2.23. The summed E-state index contributed by atoms with van der Waals surface area (Å²) < 4.78 is 4.59. The Morgan fingerprint density at radius 2 is 2.06 bits per heavy atom. The number of nitrogens with one attached hydrogen (secondary N) is 1. The number of methoxy groups -OCH3 is 1. The first-order valence-corrected chi connectivity index (χ1v) is 6.25. The lowest BCUT2D eigenvalue weighted by atomic mass is 10.0. The summed E-state index contributed by atoms with van der Waals surface area (Å²) in [6.45, 7) is 2.85. The lowest BCUT2D eigenvalue weighted by molar-refractivity contribution is -0.152. The molecule has 0 saturated heterocycles. The standard InChI is InChI=1S/C14H21NO3/c1-3-4-10-15-12(13(16)14(17)18-2)11-8-6-5-7-9-11/h5-9,12-13,15-16H,3-4,10H2,1-2H3. The molecule has 1 aromatic carbocycles. The normalized spacial score (nSPS) is 13.9. The van der Waals surface area contributed by atoms with Crippen molar-refractivity contribution >= 4 is 5.97 Å². The van der Waals surface area contributed by atoms with Crippen LogP contribution >= 0.6 is 0 Å². The molecule has 0 spiro atoms. The first kappa shape index (κ1) is 14.7. The molecule has 2 N–H and O–H groups in total. The number of aliphatic hydroxyl groups is 1. The van der Waals surface area contributed by atoms with Gasteiger partial charge in [-0.25, -0.2) is 4.79 Å². The third-order valence-electron chi connectivity index (χ3n) is 2.81. The molecule has 1 aromatic rings. The minimum absolute atomic E-state index is 0.426. The zero-order chi connectivity index (χ0) is 13.4. The predicted molar refractivity (Wildman–Crippen MR) is 70.1 cm³/mol. The SMILES string of the molecule is CCCCNC(c1ccccc1)C(O)C(=O)OC. The fourth-order valence-electron chi connectivity index (χ4n) is 1.76. The summed E-state index contributed by atoms with van der Waals surface area (Å²) in [5.74, 6) is -0.618. The molecule has 0 radical (unpaired) electrons. The Bertz CT molecular complexity index is 353. The van der Waals surface area contributed by atoms with E-state index in [-0.39, 0.29) is 0 Å². The maximum Gasteiger partial charge on any atom is 0.336 e. The van der Waals surface area contributed by atoms with E-state index in [1.165, 1.54) is 7.11 Å². The van der Waals surface area contributed by atoms with E-state index in [0.717, 1.165) is 24.9 Å². The molecule has 2 unspecified atom stereocenters. The molecule has 0 aromatic heterocycles. The zero-order valence-electron chi connectivity index (χ0n) is 10.9. The molecule has 0 bridgehead atoms. The van der Waals surface area contributed by atoms with E-state index in [1.54, 1.807) is 0 Å². The first-order valence-electron chi connectivity index (χ1n) is 6.25. The Morgan fingerprint density at radius 1 is 1.39 bits per heavy atom.